The van der Waals surface area contributed by atoms with Gasteiger partial charge in [0.25, 0.3) is 0 Å². The van der Waals surface area contributed by atoms with Gasteiger partial charge in [-0.1, -0.05) is 18.2 Å². The van der Waals surface area contributed by atoms with Crippen molar-refractivity contribution in [2.45, 2.75) is 19.3 Å². The van der Waals surface area contributed by atoms with Crippen LogP contribution in [0.3, 0.4) is 0 Å². The molecule has 0 bridgehead atoms. The highest BCUT2D eigenvalue weighted by molar-refractivity contribution is 5.84. The van der Waals surface area contributed by atoms with Crippen molar-refractivity contribution in [1.82, 2.24) is 29.3 Å². The van der Waals surface area contributed by atoms with Gasteiger partial charge >= 0.3 is 6.18 Å². The summed E-state index contributed by atoms with van der Waals surface area (Å²) in [7, 11) is 0. The number of anilines is 2. The lowest BCUT2D eigenvalue weighted by molar-refractivity contribution is -0.137. The smallest absolute Gasteiger partial charge is 0.416 e. The fourth-order valence-electron chi connectivity index (χ4n) is 5.87. The maximum absolute atomic E-state index is 13.1. The molecule has 0 saturated carbocycles. The third-order valence-electron chi connectivity index (χ3n) is 8.41. The number of nitrogens with one attached hydrogen (secondary N) is 1. The molecule has 2 fully saturated rings. The van der Waals surface area contributed by atoms with Crippen LogP contribution in [0.25, 0.3) is 11.2 Å². The van der Waals surface area contributed by atoms with Gasteiger partial charge in [-0.05, 0) is 35.4 Å². The molecular weight excluding hydrogens is 589 g/mol. The number of imidazole rings is 1. The lowest BCUT2D eigenvalue weighted by Crippen LogP contribution is -2.46. The Morgan fingerprint density at radius 2 is 1.56 bits per heavy atom. The molecule has 0 atom stereocenters. The second-order valence-electron chi connectivity index (χ2n) is 11.4. The lowest BCUT2D eigenvalue weighted by Gasteiger charge is -2.35. The summed E-state index contributed by atoms with van der Waals surface area (Å²) < 4.78 is 57.6. The van der Waals surface area contributed by atoms with Crippen LogP contribution in [0.4, 0.5) is 24.9 Å². The number of hydrogen-bond acceptors (Lipinski definition) is 10. The highest BCUT2D eigenvalue weighted by atomic mass is 19.4. The van der Waals surface area contributed by atoms with Crippen LogP contribution in [-0.2, 0) is 24.0 Å². The van der Waals surface area contributed by atoms with Crippen molar-refractivity contribution in [3.05, 3.63) is 65.5 Å². The van der Waals surface area contributed by atoms with Crippen LogP contribution in [0.2, 0.25) is 0 Å². The molecule has 11 nitrogen and oxygen atoms in total. The average molecular weight is 625 g/mol. The second-order valence-corrected chi connectivity index (χ2v) is 11.4. The van der Waals surface area contributed by atoms with Gasteiger partial charge in [-0.15, -0.1) is 0 Å². The molecule has 0 radical (unpaired) electrons. The predicted octanol–water partition coefficient (Wildman–Crippen LogP) is 3.69. The normalized spacial score (nSPS) is 17.7. The van der Waals surface area contributed by atoms with Crippen LogP contribution in [0.15, 0.2) is 48.8 Å². The minimum atomic E-state index is -4.38. The molecular formula is C31H35F3N8O3. The van der Waals surface area contributed by atoms with Gasteiger partial charge < -0.3 is 29.0 Å². The van der Waals surface area contributed by atoms with Crippen molar-refractivity contribution in [3.8, 4) is 11.5 Å². The molecule has 0 amide bonds. The van der Waals surface area contributed by atoms with Crippen molar-refractivity contribution >= 4 is 22.9 Å². The molecule has 4 aromatic rings. The Bertz CT molecular complexity index is 1620. The molecule has 2 aromatic carbocycles. The van der Waals surface area contributed by atoms with Crippen LogP contribution in [-0.4, -0.2) is 102 Å². The first-order chi connectivity index (χ1) is 21.9. The Labute approximate surface area is 258 Å². The number of benzene rings is 2. The largest absolute Gasteiger partial charge is 0.454 e. The van der Waals surface area contributed by atoms with E-state index in [2.05, 4.69) is 31.1 Å². The van der Waals surface area contributed by atoms with Gasteiger partial charge in [-0.2, -0.15) is 23.1 Å². The molecule has 3 aliphatic heterocycles. The summed E-state index contributed by atoms with van der Waals surface area (Å²) in [6.45, 7) is 9.33. The fourth-order valence-corrected chi connectivity index (χ4v) is 5.87. The minimum Gasteiger partial charge on any atom is -0.454 e. The zero-order chi connectivity index (χ0) is 30.8. The monoisotopic (exact) mass is 624 g/mol. The number of nitrogens with zero attached hydrogens (tertiary/aromatic N) is 7. The van der Waals surface area contributed by atoms with Crippen molar-refractivity contribution in [3.63, 3.8) is 0 Å². The van der Waals surface area contributed by atoms with Gasteiger partial charge in [0.2, 0.25) is 12.7 Å². The number of morpholine rings is 1. The van der Waals surface area contributed by atoms with Crippen LogP contribution in [0.5, 0.6) is 11.5 Å². The third kappa shape index (κ3) is 6.77. The van der Waals surface area contributed by atoms with E-state index in [1.165, 1.54) is 17.7 Å². The zero-order valence-electron chi connectivity index (χ0n) is 24.8. The third-order valence-corrected chi connectivity index (χ3v) is 8.41. The summed E-state index contributed by atoms with van der Waals surface area (Å²) in [6, 6.07) is 11.3. The maximum Gasteiger partial charge on any atom is 0.416 e. The van der Waals surface area contributed by atoms with Crippen LogP contribution in [0, 0.1) is 0 Å². The van der Waals surface area contributed by atoms with E-state index in [0.29, 0.717) is 36.0 Å². The highest BCUT2D eigenvalue weighted by Gasteiger charge is 2.30. The number of aromatic nitrogens is 4. The Balaban J connectivity index is 1.08. The maximum atomic E-state index is 13.1. The van der Waals surface area contributed by atoms with Crippen molar-refractivity contribution in [1.29, 1.82) is 0 Å². The first-order valence-electron chi connectivity index (χ1n) is 15.2. The molecule has 0 unspecified atom stereocenters. The Hall–Kier alpha value is -4.14. The number of hydrogen-bond donors (Lipinski definition) is 1. The lowest BCUT2D eigenvalue weighted by atomic mass is 10.1. The highest BCUT2D eigenvalue weighted by Crippen LogP contribution is 2.33. The summed E-state index contributed by atoms with van der Waals surface area (Å²) in [5.41, 5.74) is 2.49. The van der Waals surface area contributed by atoms with Crippen molar-refractivity contribution in [2.24, 2.45) is 0 Å². The van der Waals surface area contributed by atoms with Crippen molar-refractivity contribution in [2.75, 3.05) is 82.6 Å². The summed E-state index contributed by atoms with van der Waals surface area (Å²) in [5, 5.41) is 3.48. The summed E-state index contributed by atoms with van der Waals surface area (Å²) in [6.07, 6.45) is -2.70. The van der Waals surface area contributed by atoms with E-state index in [1.807, 2.05) is 16.7 Å². The van der Waals surface area contributed by atoms with Gasteiger partial charge in [0.1, 0.15) is 0 Å². The number of piperazine rings is 1. The Morgan fingerprint density at radius 3 is 2.33 bits per heavy atom. The molecule has 2 saturated heterocycles. The standard InChI is InChI=1S/C31H35F3N8O3/c32-31(33,34)24-4-1-22(2-5-24)19-42-20-36-27-28(35-7-8-39-13-15-43-16-14-39)37-30(38-29(27)42)41-11-9-40(10-12-41)18-23-3-6-25-26(17-23)45-21-44-25/h1-6,17,20H,7-16,18-19,21H2,(H,35,37,38). The average Bonchev–Trinajstić information content (AvgIpc) is 3.69. The Kier molecular flexibility index (Phi) is 8.34. The molecule has 2 aromatic heterocycles. The van der Waals surface area contributed by atoms with E-state index in [1.54, 1.807) is 6.33 Å². The molecule has 14 heteroatoms. The van der Waals surface area contributed by atoms with E-state index in [9.17, 15) is 13.2 Å². The van der Waals surface area contributed by atoms with Gasteiger partial charge in [0.15, 0.2) is 28.5 Å². The molecule has 0 aliphatic carbocycles. The van der Waals surface area contributed by atoms with Gasteiger partial charge in [-0.25, -0.2) is 4.98 Å². The molecule has 1 N–H and O–H groups in total. The van der Waals surface area contributed by atoms with Gasteiger partial charge in [0.05, 0.1) is 31.6 Å². The van der Waals surface area contributed by atoms with Crippen molar-refractivity contribution < 1.29 is 27.4 Å². The first kappa shape index (κ1) is 29.6. The molecule has 7 rings (SSSR count). The van der Waals surface area contributed by atoms with E-state index in [0.717, 1.165) is 94.8 Å². The van der Waals surface area contributed by atoms with Crippen LogP contribution < -0.4 is 19.7 Å². The van der Waals surface area contributed by atoms with Gasteiger partial charge in [-0.3, -0.25) is 9.80 Å². The second kappa shape index (κ2) is 12.7. The van der Waals surface area contributed by atoms with E-state index >= 15 is 0 Å². The Morgan fingerprint density at radius 1 is 0.800 bits per heavy atom. The molecule has 0 spiro atoms. The number of ether oxygens (including phenoxy) is 3. The van der Waals surface area contributed by atoms with Crippen LogP contribution >= 0.6 is 0 Å². The van der Waals surface area contributed by atoms with E-state index < -0.39 is 11.7 Å². The van der Waals surface area contributed by atoms with E-state index in [-0.39, 0.29) is 6.79 Å². The van der Waals surface area contributed by atoms with Gasteiger partial charge in [0, 0.05) is 58.9 Å². The number of alkyl halides is 3. The minimum absolute atomic E-state index is 0.259. The summed E-state index contributed by atoms with van der Waals surface area (Å²) in [5.74, 6) is 2.82. The van der Waals surface area contributed by atoms with E-state index in [4.69, 9.17) is 24.2 Å². The predicted molar refractivity (Wildman–Crippen MR) is 162 cm³/mol. The molecule has 3 aliphatic rings. The molecule has 238 valence electrons. The number of halogens is 3. The molecule has 45 heavy (non-hydrogen) atoms. The fraction of sp³-hybridized carbons (Fsp3) is 0.452. The van der Waals surface area contributed by atoms with Crippen LogP contribution in [0.1, 0.15) is 16.7 Å². The quantitative estimate of drug-likeness (QED) is 0.297. The molecule has 5 heterocycles. The topological polar surface area (TPSA) is 93.0 Å². The number of fused-ring (bicyclic) bond motifs is 2. The SMILES string of the molecule is FC(F)(F)c1ccc(Cn2cnc3c(NCCN4CCOCC4)nc(N4CCN(Cc5ccc6c(c5)OCO6)CC4)nc32)cc1. The number of rotatable bonds is 9. The summed E-state index contributed by atoms with van der Waals surface area (Å²) >= 11 is 0. The zero-order valence-corrected chi connectivity index (χ0v) is 24.8. The first-order valence-corrected chi connectivity index (χ1v) is 15.2. The summed E-state index contributed by atoms with van der Waals surface area (Å²) in [4.78, 5) is 21.4.